The minimum Gasteiger partial charge on any atom is -0.496 e. The molecule has 1 N–H and O–H groups in total. The number of carbonyl (C=O) groups is 2. The Balaban J connectivity index is 2.12. The van der Waals surface area contributed by atoms with E-state index in [1.165, 1.54) is 26.4 Å². The van der Waals surface area contributed by atoms with Gasteiger partial charge in [0.2, 0.25) is 0 Å². The maximum Gasteiger partial charge on any atom is 0.416 e. The van der Waals surface area contributed by atoms with E-state index in [-0.39, 0.29) is 18.5 Å². The lowest BCUT2D eigenvalue weighted by Gasteiger charge is -2.17. The highest BCUT2D eigenvalue weighted by Gasteiger charge is 2.30. The van der Waals surface area contributed by atoms with Crippen LogP contribution in [0.4, 0.5) is 13.2 Å². The molecule has 33 heavy (non-hydrogen) atoms. The topological polar surface area (TPSA) is 73.9 Å². The number of halogens is 3. The van der Waals surface area contributed by atoms with E-state index in [9.17, 15) is 22.8 Å². The Morgan fingerprint density at radius 1 is 1.03 bits per heavy atom. The Morgan fingerprint density at radius 2 is 1.70 bits per heavy atom. The molecule has 0 aliphatic heterocycles. The summed E-state index contributed by atoms with van der Waals surface area (Å²) in [6.45, 7) is 2.46. The van der Waals surface area contributed by atoms with E-state index >= 15 is 0 Å². The van der Waals surface area contributed by atoms with E-state index in [4.69, 9.17) is 14.2 Å². The minimum absolute atomic E-state index is 0.0370. The number of amides is 1. The van der Waals surface area contributed by atoms with Gasteiger partial charge in [0.15, 0.2) is 6.10 Å². The SMILES string of the molecule is CCCCOC(Cc1ccc(OC)c(C(=O)NCc2ccc(C(F)(F)F)cc2)c1)C(=O)OC. The third-order valence-electron chi connectivity index (χ3n) is 4.94. The minimum atomic E-state index is -4.42. The van der Waals surface area contributed by atoms with Crippen molar-refractivity contribution in [2.75, 3.05) is 20.8 Å². The first-order valence-electron chi connectivity index (χ1n) is 10.5. The summed E-state index contributed by atoms with van der Waals surface area (Å²) in [5.74, 6) is -0.643. The van der Waals surface area contributed by atoms with Crippen LogP contribution in [0.1, 0.15) is 46.8 Å². The van der Waals surface area contributed by atoms with Crippen molar-refractivity contribution >= 4 is 11.9 Å². The Kier molecular flexibility index (Phi) is 9.72. The number of esters is 1. The number of rotatable bonds is 11. The fraction of sp³-hybridized carbons (Fsp3) is 0.417. The maximum absolute atomic E-state index is 12.8. The van der Waals surface area contributed by atoms with Crippen molar-refractivity contribution in [1.82, 2.24) is 5.32 Å². The number of benzene rings is 2. The molecule has 0 aliphatic rings. The number of ether oxygens (including phenoxy) is 3. The molecule has 1 amide bonds. The quantitative estimate of drug-likeness (QED) is 0.388. The van der Waals surface area contributed by atoms with Crippen LogP contribution in [0.25, 0.3) is 0 Å². The third kappa shape index (κ3) is 7.78. The molecule has 0 aromatic heterocycles. The van der Waals surface area contributed by atoms with Gasteiger partial charge in [-0.15, -0.1) is 0 Å². The summed E-state index contributed by atoms with van der Waals surface area (Å²) in [6.07, 6.45) is -3.30. The van der Waals surface area contributed by atoms with Crippen molar-refractivity contribution in [3.63, 3.8) is 0 Å². The van der Waals surface area contributed by atoms with Crippen LogP contribution in [-0.4, -0.2) is 38.8 Å². The molecule has 0 saturated carbocycles. The van der Waals surface area contributed by atoms with Gasteiger partial charge < -0.3 is 19.5 Å². The summed E-state index contributed by atoms with van der Waals surface area (Å²) in [5, 5.41) is 2.68. The van der Waals surface area contributed by atoms with E-state index in [1.807, 2.05) is 6.92 Å². The molecule has 2 aromatic rings. The lowest BCUT2D eigenvalue weighted by molar-refractivity contribution is -0.154. The van der Waals surface area contributed by atoms with E-state index in [0.717, 1.165) is 25.0 Å². The van der Waals surface area contributed by atoms with Gasteiger partial charge in [0.25, 0.3) is 5.91 Å². The first-order chi connectivity index (χ1) is 15.7. The Hall–Kier alpha value is -3.07. The highest BCUT2D eigenvalue weighted by atomic mass is 19.4. The predicted octanol–water partition coefficient (Wildman–Crippen LogP) is 4.54. The van der Waals surface area contributed by atoms with Crippen LogP contribution >= 0.6 is 0 Å². The standard InChI is InChI=1S/C24H28F3NO5/c1-4-5-12-33-21(23(30)32-3)14-17-8-11-20(31-2)19(13-17)22(29)28-15-16-6-9-18(10-7-16)24(25,26)27/h6-11,13,21H,4-5,12,14-15H2,1-3H3,(H,28,29). The number of nitrogens with one attached hydrogen (secondary N) is 1. The molecule has 0 fully saturated rings. The van der Waals surface area contributed by atoms with Crippen molar-refractivity contribution in [1.29, 1.82) is 0 Å². The van der Waals surface area contributed by atoms with Gasteiger partial charge in [-0.3, -0.25) is 4.79 Å². The summed E-state index contributed by atoms with van der Waals surface area (Å²) in [7, 11) is 2.71. The van der Waals surface area contributed by atoms with Crippen LogP contribution in [0.2, 0.25) is 0 Å². The van der Waals surface area contributed by atoms with Gasteiger partial charge in [-0.2, -0.15) is 13.2 Å². The largest absolute Gasteiger partial charge is 0.496 e. The predicted molar refractivity (Wildman–Crippen MR) is 116 cm³/mol. The highest BCUT2D eigenvalue weighted by Crippen LogP contribution is 2.29. The molecule has 9 heteroatoms. The number of hydrogen-bond donors (Lipinski definition) is 1. The number of alkyl halides is 3. The Bertz CT molecular complexity index is 929. The zero-order valence-corrected chi connectivity index (χ0v) is 18.8. The molecular formula is C24H28F3NO5. The molecule has 0 heterocycles. The van der Waals surface area contributed by atoms with Crippen molar-refractivity contribution in [3.05, 3.63) is 64.7 Å². The van der Waals surface area contributed by atoms with E-state index in [0.29, 0.717) is 23.5 Å². The van der Waals surface area contributed by atoms with Crippen molar-refractivity contribution in [2.45, 2.75) is 45.0 Å². The van der Waals surface area contributed by atoms with E-state index in [2.05, 4.69) is 5.32 Å². The van der Waals surface area contributed by atoms with Gasteiger partial charge in [-0.25, -0.2) is 4.79 Å². The van der Waals surface area contributed by atoms with Gasteiger partial charge in [0.05, 0.1) is 25.3 Å². The van der Waals surface area contributed by atoms with Crippen LogP contribution in [-0.2, 0) is 33.4 Å². The average molecular weight is 467 g/mol. The molecule has 2 aromatic carbocycles. The molecule has 180 valence electrons. The summed E-state index contributed by atoms with van der Waals surface area (Å²) < 4.78 is 53.8. The molecular weight excluding hydrogens is 439 g/mol. The Morgan fingerprint density at radius 3 is 2.27 bits per heavy atom. The molecule has 6 nitrogen and oxygen atoms in total. The van der Waals surface area contributed by atoms with E-state index in [1.54, 1.807) is 18.2 Å². The maximum atomic E-state index is 12.8. The Labute approximate surface area is 191 Å². The summed E-state index contributed by atoms with van der Waals surface area (Å²) in [5.41, 5.74) is 0.663. The smallest absolute Gasteiger partial charge is 0.416 e. The van der Waals surface area contributed by atoms with Crippen LogP contribution in [0.3, 0.4) is 0 Å². The second-order valence-corrected chi connectivity index (χ2v) is 7.35. The number of methoxy groups -OCH3 is 2. The third-order valence-corrected chi connectivity index (χ3v) is 4.94. The first-order valence-corrected chi connectivity index (χ1v) is 10.5. The van der Waals surface area contributed by atoms with Gasteiger partial charge in [-0.1, -0.05) is 31.5 Å². The van der Waals surface area contributed by atoms with Crippen LogP contribution < -0.4 is 10.1 Å². The van der Waals surface area contributed by atoms with Crippen molar-refractivity contribution < 1.29 is 37.0 Å². The number of hydrogen-bond acceptors (Lipinski definition) is 5. The first kappa shape index (κ1) is 26.2. The normalized spacial score (nSPS) is 12.2. The summed E-state index contributed by atoms with van der Waals surface area (Å²) in [4.78, 5) is 24.8. The molecule has 1 atom stereocenters. The average Bonchev–Trinajstić information content (AvgIpc) is 2.81. The molecule has 0 spiro atoms. The van der Waals surface area contributed by atoms with Crippen LogP contribution in [0.5, 0.6) is 5.75 Å². The molecule has 0 radical (unpaired) electrons. The zero-order valence-electron chi connectivity index (χ0n) is 18.8. The number of unbranched alkanes of at least 4 members (excludes halogenated alkanes) is 1. The highest BCUT2D eigenvalue weighted by molar-refractivity contribution is 5.97. The molecule has 0 saturated heterocycles. The van der Waals surface area contributed by atoms with E-state index < -0.39 is 29.7 Å². The van der Waals surface area contributed by atoms with Gasteiger partial charge >= 0.3 is 12.1 Å². The van der Waals surface area contributed by atoms with Gasteiger partial charge in [-0.05, 0) is 41.8 Å². The fourth-order valence-corrected chi connectivity index (χ4v) is 3.07. The molecule has 1 unspecified atom stereocenters. The van der Waals surface area contributed by atoms with Crippen molar-refractivity contribution in [3.8, 4) is 5.75 Å². The lowest BCUT2D eigenvalue weighted by Crippen LogP contribution is -2.29. The second-order valence-electron chi connectivity index (χ2n) is 7.35. The molecule has 2 rings (SSSR count). The van der Waals surface area contributed by atoms with Gasteiger partial charge in [0, 0.05) is 19.6 Å². The summed E-state index contributed by atoms with van der Waals surface area (Å²) >= 11 is 0. The lowest BCUT2D eigenvalue weighted by atomic mass is 10.0. The second kappa shape index (κ2) is 12.2. The van der Waals surface area contributed by atoms with Crippen molar-refractivity contribution in [2.24, 2.45) is 0 Å². The zero-order chi connectivity index (χ0) is 24.4. The fourth-order valence-electron chi connectivity index (χ4n) is 3.07. The van der Waals surface area contributed by atoms with Crippen LogP contribution in [0, 0.1) is 0 Å². The van der Waals surface area contributed by atoms with Gasteiger partial charge in [0.1, 0.15) is 5.75 Å². The number of carbonyl (C=O) groups excluding carboxylic acids is 2. The molecule has 0 bridgehead atoms. The van der Waals surface area contributed by atoms with Crippen LogP contribution in [0.15, 0.2) is 42.5 Å². The monoisotopic (exact) mass is 467 g/mol. The summed E-state index contributed by atoms with van der Waals surface area (Å²) in [6, 6.07) is 9.49. The molecule has 0 aliphatic carbocycles.